The van der Waals surface area contributed by atoms with Crippen molar-refractivity contribution in [1.82, 2.24) is 20.3 Å². The van der Waals surface area contributed by atoms with Crippen LogP contribution >= 0.6 is 0 Å². The molecule has 0 bridgehead atoms. The number of imidazole rings is 1. The summed E-state index contributed by atoms with van der Waals surface area (Å²) in [5, 5.41) is 2.92. The lowest BCUT2D eigenvalue weighted by atomic mass is 10.1. The Morgan fingerprint density at radius 2 is 1.81 bits per heavy atom. The molecular weight excluding hydrogens is 344 g/mol. The minimum Gasteiger partial charge on any atom is -0.459 e. The first-order valence-electron chi connectivity index (χ1n) is 8.93. The van der Waals surface area contributed by atoms with E-state index in [1.165, 1.54) is 0 Å². The number of aryl methyl sites for hydroxylation is 1. The van der Waals surface area contributed by atoms with Crippen LogP contribution in [0.5, 0.6) is 0 Å². The molecule has 142 valence electrons. The Balaban J connectivity index is 1.80. The molecule has 0 saturated heterocycles. The number of rotatable bonds is 5. The monoisotopic (exact) mass is 368 g/mol. The molecule has 1 aromatic carbocycles. The largest absolute Gasteiger partial charge is 0.459 e. The van der Waals surface area contributed by atoms with Crippen LogP contribution in [0, 0.1) is 13.8 Å². The molecule has 27 heavy (non-hydrogen) atoms. The smallest absolute Gasteiger partial charge is 0.340 e. The lowest BCUT2D eigenvalue weighted by Crippen LogP contribution is -2.28. The van der Waals surface area contributed by atoms with Crippen LogP contribution in [0.1, 0.15) is 64.7 Å². The molecule has 0 fully saturated rings. The van der Waals surface area contributed by atoms with Crippen molar-refractivity contribution < 1.29 is 14.3 Å². The second-order valence-electron chi connectivity index (χ2n) is 6.91. The van der Waals surface area contributed by atoms with Crippen molar-refractivity contribution in [1.29, 1.82) is 0 Å². The van der Waals surface area contributed by atoms with E-state index in [1.807, 2.05) is 31.2 Å². The van der Waals surface area contributed by atoms with E-state index in [4.69, 9.17) is 4.74 Å². The summed E-state index contributed by atoms with van der Waals surface area (Å²) in [6.07, 6.45) is -0.225. The van der Waals surface area contributed by atoms with E-state index in [9.17, 15) is 9.59 Å². The second-order valence-corrected chi connectivity index (χ2v) is 6.91. The van der Waals surface area contributed by atoms with Gasteiger partial charge in [-0.15, -0.1) is 0 Å². The number of amides is 1. The highest BCUT2D eigenvalue weighted by molar-refractivity contribution is 6.00. The molecular formula is C20H24N4O3. The van der Waals surface area contributed by atoms with Crippen LogP contribution in [0.25, 0.3) is 11.0 Å². The zero-order valence-electron chi connectivity index (χ0n) is 16.1. The molecule has 2 aromatic heterocycles. The van der Waals surface area contributed by atoms with Crippen molar-refractivity contribution in [2.45, 2.75) is 46.8 Å². The van der Waals surface area contributed by atoms with E-state index in [0.717, 1.165) is 11.0 Å². The Labute approximate surface area is 157 Å². The second kappa shape index (κ2) is 7.26. The van der Waals surface area contributed by atoms with Crippen LogP contribution in [0.2, 0.25) is 0 Å². The molecule has 1 amide bonds. The first kappa shape index (κ1) is 18.7. The number of carbonyl (C=O) groups excluding carboxylic acids is 2. The molecule has 1 atom stereocenters. The fraction of sp³-hybridized carbons (Fsp3) is 0.350. The van der Waals surface area contributed by atoms with Crippen LogP contribution < -0.4 is 5.32 Å². The summed E-state index contributed by atoms with van der Waals surface area (Å²) in [6.45, 7) is 8.93. The number of nitrogens with one attached hydrogen (secondary N) is 3. The first-order chi connectivity index (χ1) is 12.8. The van der Waals surface area contributed by atoms with E-state index in [1.54, 1.807) is 27.7 Å². The zero-order valence-corrected chi connectivity index (χ0v) is 16.1. The minimum absolute atomic E-state index is 0.225. The summed E-state index contributed by atoms with van der Waals surface area (Å²) in [4.78, 5) is 35.8. The average Bonchev–Trinajstić information content (AvgIpc) is 3.15. The molecule has 0 aliphatic carbocycles. The maximum Gasteiger partial charge on any atom is 0.340 e. The van der Waals surface area contributed by atoms with Gasteiger partial charge in [-0.05, 0) is 52.3 Å². The Morgan fingerprint density at radius 1 is 1.11 bits per heavy atom. The first-order valence-corrected chi connectivity index (χ1v) is 8.93. The average molecular weight is 368 g/mol. The van der Waals surface area contributed by atoms with E-state index in [2.05, 4.69) is 20.3 Å². The summed E-state index contributed by atoms with van der Waals surface area (Å²) in [5.41, 5.74) is 3.71. The van der Waals surface area contributed by atoms with Gasteiger partial charge in [0.1, 0.15) is 11.5 Å². The number of carbonyl (C=O) groups is 2. The topological polar surface area (TPSA) is 99.9 Å². The summed E-state index contributed by atoms with van der Waals surface area (Å²) < 4.78 is 5.27. The predicted octanol–water partition coefficient (Wildman–Crippen LogP) is 3.56. The fourth-order valence-electron chi connectivity index (χ4n) is 3.07. The van der Waals surface area contributed by atoms with Gasteiger partial charge in [-0.1, -0.05) is 12.1 Å². The predicted molar refractivity (Wildman–Crippen MR) is 103 cm³/mol. The van der Waals surface area contributed by atoms with E-state index in [0.29, 0.717) is 28.3 Å². The number of ether oxygens (including phenoxy) is 1. The van der Waals surface area contributed by atoms with Gasteiger partial charge >= 0.3 is 5.97 Å². The van der Waals surface area contributed by atoms with Crippen molar-refractivity contribution in [2.75, 3.05) is 0 Å². The molecule has 0 saturated carbocycles. The van der Waals surface area contributed by atoms with Gasteiger partial charge in [0, 0.05) is 5.69 Å². The molecule has 3 N–H and O–H groups in total. The van der Waals surface area contributed by atoms with E-state index < -0.39 is 5.97 Å². The van der Waals surface area contributed by atoms with Gasteiger partial charge in [-0.2, -0.15) is 0 Å². The Kier molecular flexibility index (Phi) is 5.03. The molecule has 0 aliphatic heterocycles. The molecule has 7 heteroatoms. The molecule has 3 rings (SSSR count). The highest BCUT2D eigenvalue weighted by Gasteiger charge is 2.25. The lowest BCUT2D eigenvalue weighted by molar-refractivity contribution is 0.0376. The van der Waals surface area contributed by atoms with Crippen molar-refractivity contribution >= 4 is 22.9 Å². The Hall–Kier alpha value is -3.09. The van der Waals surface area contributed by atoms with Crippen LogP contribution in [0.15, 0.2) is 24.3 Å². The van der Waals surface area contributed by atoms with Crippen molar-refractivity contribution in [3.63, 3.8) is 0 Å². The number of esters is 1. The van der Waals surface area contributed by atoms with Gasteiger partial charge in [-0.25, -0.2) is 9.78 Å². The van der Waals surface area contributed by atoms with Crippen molar-refractivity contribution in [3.05, 3.63) is 52.6 Å². The zero-order chi connectivity index (χ0) is 19.7. The van der Waals surface area contributed by atoms with Gasteiger partial charge < -0.3 is 20.0 Å². The third kappa shape index (κ3) is 3.72. The SMILES string of the molecule is Cc1[nH]c(C(=O)NC(C)c2nc3ccccc3[nH]2)c(C)c1C(=O)OC(C)C. The van der Waals surface area contributed by atoms with E-state index in [-0.39, 0.29) is 18.1 Å². The number of fused-ring (bicyclic) bond motifs is 1. The summed E-state index contributed by atoms with van der Waals surface area (Å²) in [6, 6.07) is 7.37. The molecule has 2 heterocycles. The van der Waals surface area contributed by atoms with Gasteiger partial charge in [0.05, 0.1) is 28.7 Å². The molecule has 1 unspecified atom stereocenters. The summed E-state index contributed by atoms with van der Waals surface area (Å²) in [5.74, 6) is -0.0577. The highest BCUT2D eigenvalue weighted by Crippen LogP contribution is 2.21. The number of benzene rings is 1. The van der Waals surface area contributed by atoms with Crippen LogP contribution in [-0.4, -0.2) is 32.9 Å². The summed E-state index contributed by atoms with van der Waals surface area (Å²) >= 11 is 0. The van der Waals surface area contributed by atoms with Gasteiger partial charge in [0.25, 0.3) is 5.91 Å². The molecule has 3 aromatic rings. The third-order valence-electron chi connectivity index (χ3n) is 4.38. The van der Waals surface area contributed by atoms with Crippen LogP contribution in [-0.2, 0) is 4.74 Å². The number of aromatic amines is 2. The van der Waals surface area contributed by atoms with Gasteiger partial charge in [0.2, 0.25) is 0 Å². The highest BCUT2D eigenvalue weighted by atomic mass is 16.5. The standard InChI is InChI=1S/C20H24N4O3/c1-10(2)27-20(26)16-11(3)17(21-12(16)4)19(25)22-13(5)18-23-14-8-6-7-9-15(14)24-18/h6-10,13,21H,1-5H3,(H,22,25)(H,23,24). The van der Waals surface area contributed by atoms with Crippen LogP contribution in [0.4, 0.5) is 0 Å². The van der Waals surface area contributed by atoms with E-state index >= 15 is 0 Å². The number of hydrogen-bond donors (Lipinski definition) is 3. The number of nitrogens with zero attached hydrogens (tertiary/aromatic N) is 1. The maximum atomic E-state index is 12.7. The lowest BCUT2D eigenvalue weighted by Gasteiger charge is -2.11. The van der Waals surface area contributed by atoms with Gasteiger partial charge in [-0.3, -0.25) is 4.79 Å². The number of aromatic nitrogens is 3. The third-order valence-corrected chi connectivity index (χ3v) is 4.38. The number of para-hydroxylation sites is 2. The molecule has 0 aliphatic rings. The van der Waals surface area contributed by atoms with Crippen molar-refractivity contribution in [3.8, 4) is 0 Å². The summed E-state index contributed by atoms with van der Waals surface area (Å²) in [7, 11) is 0. The maximum absolute atomic E-state index is 12.7. The normalized spacial score (nSPS) is 12.4. The number of H-pyrrole nitrogens is 2. The number of hydrogen-bond acceptors (Lipinski definition) is 4. The minimum atomic E-state index is -0.430. The quantitative estimate of drug-likeness (QED) is 0.600. The van der Waals surface area contributed by atoms with Gasteiger partial charge in [0.15, 0.2) is 0 Å². The van der Waals surface area contributed by atoms with Crippen LogP contribution in [0.3, 0.4) is 0 Å². The molecule has 0 radical (unpaired) electrons. The Bertz CT molecular complexity index is 967. The molecule has 7 nitrogen and oxygen atoms in total. The van der Waals surface area contributed by atoms with Crippen molar-refractivity contribution in [2.24, 2.45) is 0 Å². The fourth-order valence-corrected chi connectivity index (χ4v) is 3.07. The Morgan fingerprint density at radius 3 is 2.48 bits per heavy atom. The molecule has 0 spiro atoms.